The van der Waals surface area contributed by atoms with E-state index >= 15 is 0 Å². The molecule has 1 aliphatic heterocycles. The van der Waals surface area contributed by atoms with Gasteiger partial charge in [0, 0.05) is 16.7 Å². The predicted molar refractivity (Wildman–Crippen MR) is 137 cm³/mol. The molecule has 0 aromatic heterocycles. The lowest BCUT2D eigenvalue weighted by Gasteiger charge is -2.28. The van der Waals surface area contributed by atoms with Gasteiger partial charge in [-0.15, -0.1) is 0 Å². The molecular weight excluding hydrogens is 512 g/mol. The van der Waals surface area contributed by atoms with Crippen LogP contribution in [0.1, 0.15) is 80.3 Å². The van der Waals surface area contributed by atoms with E-state index in [1.165, 1.54) is 36.4 Å². The number of hydrogen-bond donors (Lipinski definition) is 1. The van der Waals surface area contributed by atoms with Gasteiger partial charge < -0.3 is 14.6 Å². The largest absolute Gasteiger partial charge is 0.426 e. The Morgan fingerprint density at radius 2 is 1.54 bits per heavy atom. The Hall–Kier alpha value is -3.23. The van der Waals surface area contributed by atoms with Gasteiger partial charge in [-0.05, 0) is 61.3 Å². The van der Waals surface area contributed by atoms with Crippen LogP contribution in [-0.2, 0) is 9.53 Å². The maximum Gasteiger partial charge on any atom is 0.314 e. The molecule has 0 bridgehead atoms. The van der Waals surface area contributed by atoms with Crippen molar-refractivity contribution in [3.05, 3.63) is 88.5 Å². The second kappa shape index (κ2) is 11.5. The Kier molecular flexibility index (Phi) is 8.05. The molecular formula is C31H30F4O4. The summed E-state index contributed by atoms with van der Waals surface area (Å²) in [5, 5.41) is 10.0. The summed E-state index contributed by atoms with van der Waals surface area (Å²) >= 11 is 0. The molecule has 5 rings (SSSR count). The van der Waals surface area contributed by atoms with Crippen LogP contribution in [0.2, 0.25) is 0 Å². The van der Waals surface area contributed by atoms with E-state index in [-0.39, 0.29) is 40.4 Å². The minimum Gasteiger partial charge on any atom is -0.426 e. The van der Waals surface area contributed by atoms with Crippen molar-refractivity contribution in [3.63, 3.8) is 0 Å². The minimum atomic E-state index is -1.07. The number of halogens is 4. The van der Waals surface area contributed by atoms with Gasteiger partial charge in [0.15, 0.2) is 23.3 Å². The molecule has 3 aromatic rings. The summed E-state index contributed by atoms with van der Waals surface area (Å²) in [5.41, 5.74) is 0.941. The number of carbonyl (C=O) groups excluding carboxylic acids is 1. The van der Waals surface area contributed by atoms with Crippen LogP contribution in [-0.4, -0.2) is 17.7 Å². The second-order valence-corrected chi connectivity index (χ2v) is 10.3. The van der Waals surface area contributed by atoms with E-state index in [4.69, 9.17) is 9.47 Å². The Balaban J connectivity index is 1.19. The lowest BCUT2D eigenvalue weighted by molar-refractivity contribution is -0.140. The van der Waals surface area contributed by atoms with E-state index in [9.17, 15) is 27.5 Å². The summed E-state index contributed by atoms with van der Waals surface area (Å²) in [7, 11) is 0. The maximum atomic E-state index is 14.7. The van der Waals surface area contributed by atoms with Gasteiger partial charge in [-0.25, -0.2) is 17.6 Å². The molecule has 39 heavy (non-hydrogen) atoms. The topological polar surface area (TPSA) is 59.1 Å². The zero-order valence-electron chi connectivity index (χ0n) is 21.6. The highest BCUT2D eigenvalue weighted by atomic mass is 19.2. The number of hydrogen-bond acceptors (Lipinski definition) is 4. The number of aliphatic hydroxyl groups excluding tert-OH is 1. The summed E-state index contributed by atoms with van der Waals surface area (Å²) in [6.45, 7) is 2.25. The summed E-state index contributed by atoms with van der Waals surface area (Å²) in [4.78, 5) is 12.8. The first-order chi connectivity index (χ1) is 18.8. The van der Waals surface area contributed by atoms with Crippen molar-refractivity contribution in [2.75, 3.05) is 6.61 Å². The third-order valence-electron chi connectivity index (χ3n) is 7.74. The molecule has 1 N–H and O–H groups in total. The first kappa shape index (κ1) is 27.3. The van der Waals surface area contributed by atoms with Gasteiger partial charge in [0.25, 0.3) is 0 Å². The fourth-order valence-corrected chi connectivity index (χ4v) is 5.39. The van der Waals surface area contributed by atoms with Gasteiger partial charge in [-0.2, -0.15) is 0 Å². The summed E-state index contributed by atoms with van der Waals surface area (Å²) in [6.07, 6.45) is 1.56. The Morgan fingerprint density at radius 1 is 0.897 bits per heavy atom. The Labute approximate surface area is 224 Å². The van der Waals surface area contributed by atoms with E-state index in [1.807, 2.05) is 6.92 Å². The Morgan fingerprint density at radius 3 is 2.18 bits per heavy atom. The van der Waals surface area contributed by atoms with Gasteiger partial charge >= 0.3 is 5.97 Å². The van der Waals surface area contributed by atoms with Gasteiger partial charge in [-0.1, -0.05) is 49.7 Å². The van der Waals surface area contributed by atoms with Crippen molar-refractivity contribution in [1.82, 2.24) is 0 Å². The number of carbonyl (C=O) groups is 1. The molecule has 2 fully saturated rings. The fraction of sp³-hybridized carbons (Fsp3) is 0.387. The molecule has 8 heteroatoms. The zero-order chi connectivity index (χ0) is 27.7. The summed E-state index contributed by atoms with van der Waals surface area (Å²) in [5.74, 6) is -4.51. The highest BCUT2D eigenvalue weighted by Gasteiger charge is 2.33. The second-order valence-electron chi connectivity index (χ2n) is 10.3. The predicted octanol–water partition coefficient (Wildman–Crippen LogP) is 7.69. The number of esters is 1. The van der Waals surface area contributed by atoms with Crippen LogP contribution in [0.15, 0.2) is 48.5 Å². The smallest absolute Gasteiger partial charge is 0.314 e. The molecule has 4 nitrogen and oxygen atoms in total. The normalized spacial score (nSPS) is 21.4. The lowest BCUT2D eigenvalue weighted by Crippen LogP contribution is -2.25. The van der Waals surface area contributed by atoms with E-state index in [0.29, 0.717) is 56.3 Å². The van der Waals surface area contributed by atoms with Crippen molar-refractivity contribution in [2.45, 2.75) is 63.6 Å². The van der Waals surface area contributed by atoms with E-state index in [0.717, 1.165) is 0 Å². The number of ether oxygens (including phenoxy) is 2. The van der Waals surface area contributed by atoms with Crippen LogP contribution in [0.5, 0.6) is 5.75 Å². The van der Waals surface area contributed by atoms with Crippen molar-refractivity contribution in [1.29, 1.82) is 0 Å². The van der Waals surface area contributed by atoms with Crippen LogP contribution < -0.4 is 4.74 Å². The molecule has 1 saturated carbocycles. The van der Waals surface area contributed by atoms with Crippen molar-refractivity contribution >= 4 is 5.97 Å². The summed E-state index contributed by atoms with van der Waals surface area (Å²) in [6, 6.07) is 12.1. The minimum absolute atomic E-state index is 0.0394. The van der Waals surface area contributed by atoms with Crippen molar-refractivity contribution in [2.24, 2.45) is 5.92 Å². The number of benzene rings is 3. The lowest BCUT2D eigenvalue weighted by atomic mass is 9.78. The first-order valence-electron chi connectivity index (χ1n) is 13.4. The molecule has 0 amide bonds. The average molecular weight is 543 g/mol. The van der Waals surface area contributed by atoms with E-state index in [2.05, 4.69) is 0 Å². The van der Waals surface area contributed by atoms with Crippen molar-refractivity contribution in [3.8, 4) is 16.9 Å². The molecule has 2 unspecified atom stereocenters. The summed E-state index contributed by atoms with van der Waals surface area (Å²) < 4.78 is 69.0. The third kappa shape index (κ3) is 5.72. The van der Waals surface area contributed by atoms with Gasteiger partial charge in [0.05, 0.1) is 18.6 Å². The Bertz CT molecular complexity index is 1350. The molecule has 2 aliphatic rings. The third-order valence-corrected chi connectivity index (χ3v) is 7.74. The molecule has 1 heterocycles. The van der Waals surface area contributed by atoms with Gasteiger partial charge in [0.2, 0.25) is 0 Å². The van der Waals surface area contributed by atoms with Crippen LogP contribution in [0.25, 0.3) is 11.1 Å². The van der Waals surface area contributed by atoms with Gasteiger partial charge in [0.1, 0.15) is 11.9 Å². The van der Waals surface area contributed by atoms with Crippen LogP contribution in [0.4, 0.5) is 17.6 Å². The maximum absolute atomic E-state index is 14.7. The molecule has 0 spiro atoms. The first-order valence-corrected chi connectivity index (χ1v) is 13.4. The zero-order valence-corrected chi connectivity index (χ0v) is 21.6. The van der Waals surface area contributed by atoms with E-state index in [1.54, 1.807) is 12.1 Å². The fourth-order valence-electron chi connectivity index (χ4n) is 5.39. The highest BCUT2D eigenvalue weighted by molar-refractivity contribution is 5.75. The average Bonchev–Trinajstić information content (AvgIpc) is 3.78. The SMILES string of the molecule is CCCC(O)c1ccc(-c2ccc(OC(=O)C3CCC(c4ccc(C5CO5)c(F)c4F)CC3)cc2)c(F)c1F. The van der Waals surface area contributed by atoms with E-state index < -0.39 is 35.3 Å². The molecule has 1 saturated heterocycles. The molecule has 1 aliphatic carbocycles. The number of epoxide rings is 1. The van der Waals surface area contributed by atoms with Crippen molar-refractivity contribution < 1.29 is 36.9 Å². The number of rotatable bonds is 8. The monoisotopic (exact) mass is 542 g/mol. The van der Waals surface area contributed by atoms with Crippen LogP contribution in [0, 0.1) is 29.2 Å². The molecule has 2 atom stereocenters. The standard InChI is InChI=1S/C31H30F4O4/c1-2-3-25(36)23-14-12-21(27(32)29(23)34)18-8-10-20(11-9-18)39-31(37)19-6-4-17(5-7-19)22-13-15-24(26-16-38-26)30(35)28(22)33/h8-15,17,19,25-26,36H,2-7,16H2,1H3. The molecule has 3 aromatic carbocycles. The highest BCUT2D eigenvalue weighted by Crippen LogP contribution is 2.40. The molecule has 206 valence electrons. The quantitative estimate of drug-likeness (QED) is 0.137. The number of aliphatic hydroxyl groups is 1. The van der Waals surface area contributed by atoms with Gasteiger partial charge in [-0.3, -0.25) is 4.79 Å². The molecule has 0 radical (unpaired) electrons. The van der Waals surface area contributed by atoms with Crippen LogP contribution in [0.3, 0.4) is 0 Å². The van der Waals surface area contributed by atoms with Crippen LogP contribution >= 0.6 is 0 Å².